The average Bonchev–Trinajstić information content (AvgIpc) is 2.39. The van der Waals surface area contributed by atoms with Crippen LogP contribution in [0.3, 0.4) is 0 Å². The lowest BCUT2D eigenvalue weighted by Crippen LogP contribution is -2.57. The van der Waals surface area contributed by atoms with Crippen LogP contribution in [0.5, 0.6) is 0 Å². The number of rotatable bonds is 7. The molecule has 1 aliphatic carbocycles. The van der Waals surface area contributed by atoms with Gasteiger partial charge in [-0.2, -0.15) is 0 Å². The molecule has 0 amide bonds. The Kier molecular flexibility index (Phi) is 6.45. The summed E-state index contributed by atoms with van der Waals surface area (Å²) in [6, 6.07) is 0.418. The first-order valence-corrected chi connectivity index (χ1v) is 7.28. The van der Waals surface area contributed by atoms with Crippen LogP contribution in [-0.2, 0) is 0 Å². The first-order valence-electron chi connectivity index (χ1n) is 7.28. The van der Waals surface area contributed by atoms with Crippen molar-refractivity contribution in [3.63, 3.8) is 0 Å². The molecule has 0 aliphatic heterocycles. The Morgan fingerprint density at radius 2 is 2.00 bits per heavy atom. The Morgan fingerprint density at radius 1 is 1.35 bits per heavy atom. The van der Waals surface area contributed by atoms with Gasteiger partial charge in [-0.05, 0) is 44.4 Å². The topological polar surface area (TPSA) is 58.3 Å². The standard InChI is InChI=1S/C14H30N2O/c1-3-12-5-8-14(11-15,9-6-12)16-13(4-2)7-10-17/h12-13,16-17H,3-11,15H2,1-2H3. The van der Waals surface area contributed by atoms with Gasteiger partial charge in [0.05, 0.1) is 0 Å². The van der Waals surface area contributed by atoms with Gasteiger partial charge in [-0.3, -0.25) is 0 Å². The summed E-state index contributed by atoms with van der Waals surface area (Å²) in [6.07, 6.45) is 8.21. The van der Waals surface area contributed by atoms with E-state index in [1.54, 1.807) is 0 Å². The number of nitrogens with two attached hydrogens (primary N) is 1. The Labute approximate surface area is 106 Å². The van der Waals surface area contributed by atoms with E-state index in [9.17, 15) is 0 Å². The van der Waals surface area contributed by atoms with Gasteiger partial charge in [0.2, 0.25) is 0 Å². The fourth-order valence-corrected chi connectivity index (χ4v) is 3.01. The molecule has 1 aliphatic rings. The molecule has 0 saturated heterocycles. The van der Waals surface area contributed by atoms with E-state index in [1.807, 2.05) is 0 Å². The van der Waals surface area contributed by atoms with Crippen LogP contribution in [-0.4, -0.2) is 29.8 Å². The first-order chi connectivity index (χ1) is 8.19. The highest BCUT2D eigenvalue weighted by atomic mass is 16.3. The third-order valence-corrected chi connectivity index (χ3v) is 4.51. The van der Waals surface area contributed by atoms with Crippen molar-refractivity contribution in [2.45, 2.75) is 70.4 Å². The van der Waals surface area contributed by atoms with Crippen molar-refractivity contribution in [2.24, 2.45) is 11.7 Å². The second-order valence-corrected chi connectivity index (χ2v) is 5.60. The predicted octanol–water partition coefficient (Wildman–Crippen LogP) is 2.03. The molecule has 0 heterocycles. The summed E-state index contributed by atoms with van der Waals surface area (Å²) in [5.74, 6) is 0.898. The van der Waals surface area contributed by atoms with Crippen LogP contribution in [0.1, 0.15) is 58.8 Å². The summed E-state index contributed by atoms with van der Waals surface area (Å²) in [5, 5.41) is 12.8. The highest BCUT2D eigenvalue weighted by Crippen LogP contribution is 2.33. The van der Waals surface area contributed by atoms with Crippen molar-refractivity contribution < 1.29 is 5.11 Å². The van der Waals surface area contributed by atoms with Gasteiger partial charge in [0.25, 0.3) is 0 Å². The minimum Gasteiger partial charge on any atom is -0.396 e. The lowest BCUT2D eigenvalue weighted by molar-refractivity contribution is 0.159. The number of hydrogen-bond donors (Lipinski definition) is 3. The summed E-state index contributed by atoms with van der Waals surface area (Å²) < 4.78 is 0. The number of aliphatic hydroxyl groups excluding tert-OH is 1. The van der Waals surface area contributed by atoms with Crippen LogP contribution >= 0.6 is 0 Å². The zero-order valence-electron chi connectivity index (χ0n) is 11.5. The van der Waals surface area contributed by atoms with Gasteiger partial charge in [0.15, 0.2) is 0 Å². The van der Waals surface area contributed by atoms with Crippen molar-refractivity contribution in [3.05, 3.63) is 0 Å². The van der Waals surface area contributed by atoms with Crippen LogP contribution < -0.4 is 11.1 Å². The van der Waals surface area contributed by atoms with Crippen molar-refractivity contribution in [1.29, 1.82) is 0 Å². The second-order valence-electron chi connectivity index (χ2n) is 5.60. The minimum atomic E-state index is 0.140. The number of aliphatic hydroxyl groups is 1. The molecule has 0 aromatic rings. The van der Waals surface area contributed by atoms with Gasteiger partial charge in [-0.25, -0.2) is 0 Å². The Hall–Kier alpha value is -0.120. The molecule has 4 N–H and O–H groups in total. The lowest BCUT2D eigenvalue weighted by Gasteiger charge is -2.42. The molecular formula is C14H30N2O. The van der Waals surface area contributed by atoms with Gasteiger partial charge >= 0.3 is 0 Å². The van der Waals surface area contributed by atoms with E-state index in [-0.39, 0.29) is 12.1 Å². The Balaban J connectivity index is 2.51. The van der Waals surface area contributed by atoms with E-state index >= 15 is 0 Å². The molecule has 0 radical (unpaired) electrons. The van der Waals surface area contributed by atoms with Gasteiger partial charge < -0.3 is 16.2 Å². The highest BCUT2D eigenvalue weighted by Gasteiger charge is 2.34. The molecule has 0 spiro atoms. The maximum atomic E-state index is 9.06. The quantitative estimate of drug-likeness (QED) is 0.640. The van der Waals surface area contributed by atoms with E-state index < -0.39 is 0 Å². The van der Waals surface area contributed by atoms with Crippen LogP contribution in [0.4, 0.5) is 0 Å². The fraction of sp³-hybridized carbons (Fsp3) is 1.00. The molecule has 102 valence electrons. The summed E-state index contributed by atoms with van der Waals surface area (Å²) in [4.78, 5) is 0. The number of hydrogen-bond acceptors (Lipinski definition) is 3. The summed E-state index contributed by atoms with van der Waals surface area (Å²) in [6.45, 7) is 5.46. The first kappa shape index (κ1) is 14.9. The number of nitrogens with one attached hydrogen (secondary N) is 1. The van der Waals surface area contributed by atoms with E-state index in [4.69, 9.17) is 10.8 Å². The van der Waals surface area contributed by atoms with Gasteiger partial charge in [0.1, 0.15) is 0 Å². The minimum absolute atomic E-state index is 0.140. The summed E-state index contributed by atoms with van der Waals surface area (Å²) in [7, 11) is 0. The van der Waals surface area contributed by atoms with Crippen LogP contribution in [0.15, 0.2) is 0 Å². The summed E-state index contributed by atoms with van der Waals surface area (Å²) in [5.41, 5.74) is 6.14. The zero-order chi connectivity index (χ0) is 12.7. The molecule has 1 rings (SSSR count). The van der Waals surface area contributed by atoms with Gasteiger partial charge in [0, 0.05) is 24.7 Å². The third-order valence-electron chi connectivity index (χ3n) is 4.51. The molecular weight excluding hydrogens is 212 g/mol. The molecule has 1 fully saturated rings. The monoisotopic (exact) mass is 242 g/mol. The molecule has 3 nitrogen and oxygen atoms in total. The third kappa shape index (κ3) is 4.23. The smallest absolute Gasteiger partial charge is 0.0445 e. The second kappa shape index (κ2) is 7.34. The SMILES string of the molecule is CCC1CCC(CN)(NC(CC)CCO)CC1. The molecule has 0 bridgehead atoms. The molecule has 1 saturated carbocycles. The van der Waals surface area contributed by atoms with Crippen LogP contribution in [0, 0.1) is 5.92 Å². The molecule has 1 atom stereocenters. The molecule has 1 unspecified atom stereocenters. The van der Waals surface area contributed by atoms with E-state index in [0.717, 1.165) is 25.3 Å². The predicted molar refractivity (Wildman–Crippen MR) is 73.0 cm³/mol. The highest BCUT2D eigenvalue weighted by molar-refractivity contribution is 4.95. The van der Waals surface area contributed by atoms with Crippen molar-refractivity contribution >= 4 is 0 Å². The van der Waals surface area contributed by atoms with E-state index in [0.29, 0.717) is 6.04 Å². The fourth-order valence-electron chi connectivity index (χ4n) is 3.01. The average molecular weight is 242 g/mol. The molecule has 0 aromatic carbocycles. The zero-order valence-corrected chi connectivity index (χ0v) is 11.5. The summed E-state index contributed by atoms with van der Waals surface area (Å²) >= 11 is 0. The van der Waals surface area contributed by atoms with E-state index in [2.05, 4.69) is 19.2 Å². The van der Waals surface area contributed by atoms with Gasteiger partial charge in [-0.1, -0.05) is 20.3 Å². The van der Waals surface area contributed by atoms with Gasteiger partial charge in [-0.15, -0.1) is 0 Å². The van der Waals surface area contributed by atoms with Crippen LogP contribution in [0.25, 0.3) is 0 Å². The normalized spacial score (nSPS) is 31.4. The molecule has 0 aromatic heterocycles. The van der Waals surface area contributed by atoms with E-state index in [1.165, 1.54) is 32.1 Å². The van der Waals surface area contributed by atoms with Crippen LogP contribution in [0.2, 0.25) is 0 Å². The molecule has 17 heavy (non-hydrogen) atoms. The van der Waals surface area contributed by atoms with Crippen molar-refractivity contribution in [1.82, 2.24) is 5.32 Å². The van der Waals surface area contributed by atoms with Crippen molar-refractivity contribution in [3.8, 4) is 0 Å². The Bertz CT molecular complexity index is 200. The van der Waals surface area contributed by atoms with Crippen molar-refractivity contribution in [2.75, 3.05) is 13.2 Å². The Morgan fingerprint density at radius 3 is 2.41 bits per heavy atom. The lowest BCUT2D eigenvalue weighted by atomic mass is 9.75. The largest absolute Gasteiger partial charge is 0.396 e. The maximum absolute atomic E-state index is 9.06. The molecule has 3 heteroatoms. The maximum Gasteiger partial charge on any atom is 0.0445 e.